The monoisotopic (exact) mass is 574 g/mol. The number of nitrogens with zero attached hydrogens (tertiary/aromatic N) is 2. The third-order valence-corrected chi connectivity index (χ3v) is 7.91. The predicted molar refractivity (Wildman–Crippen MR) is 155 cm³/mol. The molecule has 0 bridgehead atoms. The molecule has 0 aliphatic carbocycles. The highest BCUT2D eigenvalue weighted by Crippen LogP contribution is 2.45. The quantitative estimate of drug-likeness (QED) is 0.117. The van der Waals surface area contributed by atoms with Gasteiger partial charge in [0, 0.05) is 12.0 Å². The van der Waals surface area contributed by atoms with Gasteiger partial charge in [-0.2, -0.15) is 0 Å². The van der Waals surface area contributed by atoms with Gasteiger partial charge in [0.2, 0.25) is 0 Å². The van der Waals surface area contributed by atoms with E-state index in [4.69, 9.17) is 14.2 Å². The first-order valence-corrected chi connectivity index (χ1v) is 14.1. The van der Waals surface area contributed by atoms with E-state index < -0.39 is 23.7 Å². The molecule has 1 aromatic heterocycles. The van der Waals surface area contributed by atoms with Crippen LogP contribution in [0.25, 0.3) is 5.76 Å². The molecular weight excluding hydrogens is 544 g/mol. The van der Waals surface area contributed by atoms with E-state index in [0.29, 0.717) is 35.6 Å². The SMILES string of the molecule is C=CCOC(=O)c1sc(N2C(=O)C(=O)/C(=C(\O)c3ccc4c(c3)CC(C)O4)C2c2cccc(OCCC)c2)nc1C. The maximum atomic E-state index is 13.6. The number of fused-ring (bicyclic) bond motifs is 1. The van der Waals surface area contributed by atoms with Gasteiger partial charge < -0.3 is 19.3 Å². The van der Waals surface area contributed by atoms with Gasteiger partial charge in [-0.05, 0) is 61.7 Å². The van der Waals surface area contributed by atoms with Gasteiger partial charge in [-0.25, -0.2) is 9.78 Å². The molecule has 0 radical (unpaired) electrons. The van der Waals surface area contributed by atoms with Crippen molar-refractivity contribution in [3.05, 3.63) is 88.0 Å². The van der Waals surface area contributed by atoms with Gasteiger partial charge in [-0.3, -0.25) is 14.5 Å². The van der Waals surface area contributed by atoms with Crippen LogP contribution in [0.4, 0.5) is 5.13 Å². The van der Waals surface area contributed by atoms with Crippen LogP contribution in [0.15, 0.2) is 60.7 Å². The number of aliphatic hydroxyl groups excluding tert-OH is 1. The number of hydrogen-bond donors (Lipinski definition) is 1. The van der Waals surface area contributed by atoms with Gasteiger partial charge in [0.15, 0.2) is 5.13 Å². The van der Waals surface area contributed by atoms with Crippen LogP contribution in [-0.2, 0) is 20.7 Å². The molecule has 0 saturated carbocycles. The Balaban J connectivity index is 1.65. The zero-order valence-corrected chi connectivity index (χ0v) is 23.8. The number of aromatic nitrogens is 1. The average molecular weight is 575 g/mol. The Labute approximate surface area is 241 Å². The molecule has 0 spiro atoms. The molecule has 212 valence electrons. The molecule has 3 heterocycles. The third kappa shape index (κ3) is 5.35. The van der Waals surface area contributed by atoms with E-state index in [1.54, 1.807) is 49.4 Å². The van der Waals surface area contributed by atoms with E-state index in [9.17, 15) is 19.5 Å². The van der Waals surface area contributed by atoms with Gasteiger partial charge in [0.05, 0.1) is 23.9 Å². The van der Waals surface area contributed by atoms with Crippen LogP contribution in [0.5, 0.6) is 11.5 Å². The van der Waals surface area contributed by atoms with Crippen molar-refractivity contribution >= 4 is 39.9 Å². The molecule has 2 aliphatic heterocycles. The Kier molecular flexibility index (Phi) is 7.94. The van der Waals surface area contributed by atoms with E-state index in [0.717, 1.165) is 29.1 Å². The van der Waals surface area contributed by atoms with E-state index in [-0.39, 0.29) is 34.1 Å². The van der Waals surface area contributed by atoms with E-state index >= 15 is 0 Å². The number of ketones is 1. The van der Waals surface area contributed by atoms with Crippen molar-refractivity contribution in [2.75, 3.05) is 18.1 Å². The Morgan fingerprint density at radius 3 is 2.83 bits per heavy atom. The maximum absolute atomic E-state index is 13.6. The normalized spacial score (nSPS) is 19.1. The number of aryl methyl sites for hydroxylation is 1. The summed E-state index contributed by atoms with van der Waals surface area (Å²) in [6.45, 7) is 9.63. The highest BCUT2D eigenvalue weighted by molar-refractivity contribution is 7.17. The fraction of sp³-hybridized carbons (Fsp3) is 0.290. The molecule has 1 fully saturated rings. The Hall–Kier alpha value is -4.44. The zero-order chi connectivity index (χ0) is 29.3. The first-order chi connectivity index (χ1) is 19.7. The number of esters is 1. The van der Waals surface area contributed by atoms with E-state index in [1.807, 2.05) is 13.8 Å². The second kappa shape index (κ2) is 11.6. The lowest BCUT2D eigenvalue weighted by molar-refractivity contribution is -0.132. The summed E-state index contributed by atoms with van der Waals surface area (Å²) in [6, 6.07) is 11.2. The lowest BCUT2D eigenvalue weighted by Gasteiger charge is -2.23. The molecule has 1 amide bonds. The minimum atomic E-state index is -1.02. The van der Waals surface area contributed by atoms with Gasteiger partial charge >= 0.3 is 11.9 Å². The number of hydrogen-bond acceptors (Lipinski definition) is 9. The van der Waals surface area contributed by atoms with Gasteiger partial charge in [-0.1, -0.05) is 43.0 Å². The fourth-order valence-electron chi connectivity index (χ4n) is 4.94. The van der Waals surface area contributed by atoms with Gasteiger partial charge in [0.1, 0.15) is 34.8 Å². The molecule has 2 atom stereocenters. The molecular formula is C31H30N2O7S. The lowest BCUT2D eigenvalue weighted by atomic mass is 9.94. The zero-order valence-electron chi connectivity index (χ0n) is 23.0. The van der Waals surface area contributed by atoms with E-state index in [2.05, 4.69) is 11.6 Å². The lowest BCUT2D eigenvalue weighted by Crippen LogP contribution is -2.29. The van der Waals surface area contributed by atoms with Crippen molar-refractivity contribution in [3.8, 4) is 11.5 Å². The van der Waals surface area contributed by atoms with Gasteiger partial charge in [-0.15, -0.1) is 0 Å². The first-order valence-electron chi connectivity index (χ1n) is 13.3. The molecule has 1 saturated heterocycles. The number of thiazole rings is 1. The Morgan fingerprint density at radius 1 is 1.27 bits per heavy atom. The second-order valence-electron chi connectivity index (χ2n) is 9.84. The molecule has 5 rings (SSSR count). The highest BCUT2D eigenvalue weighted by Gasteiger charge is 2.48. The van der Waals surface area contributed by atoms with Crippen molar-refractivity contribution in [1.82, 2.24) is 4.98 Å². The van der Waals surface area contributed by atoms with Crippen molar-refractivity contribution < 1.29 is 33.7 Å². The Bertz CT molecular complexity index is 1570. The Morgan fingerprint density at radius 2 is 2.07 bits per heavy atom. The minimum Gasteiger partial charge on any atom is -0.507 e. The van der Waals surface area contributed by atoms with Crippen LogP contribution in [-0.4, -0.2) is 47.1 Å². The van der Waals surface area contributed by atoms with Crippen LogP contribution in [0.1, 0.15) is 58.4 Å². The standard InChI is InChI=1S/C31H30N2O7S/c1-5-12-38-22-9-7-8-19(16-22)25-24(26(34)20-10-11-23-21(15-20)14-17(3)40-23)27(35)29(36)33(25)31-32-18(4)28(41-31)30(37)39-13-6-2/h6-11,15-17,25,34H,2,5,12-14H2,1,3-4H3/b26-24-. The predicted octanol–water partition coefficient (Wildman–Crippen LogP) is 5.53. The maximum Gasteiger partial charge on any atom is 0.350 e. The number of Topliss-reactive ketones (excluding diaryl/α,β-unsaturated/α-hetero) is 1. The number of anilines is 1. The average Bonchev–Trinajstić information content (AvgIpc) is 3.61. The first kappa shape index (κ1) is 28.1. The molecule has 2 aliphatic rings. The van der Waals surface area contributed by atoms with Crippen molar-refractivity contribution in [1.29, 1.82) is 0 Å². The van der Waals surface area contributed by atoms with Crippen LogP contribution >= 0.6 is 11.3 Å². The highest BCUT2D eigenvalue weighted by atomic mass is 32.1. The number of aliphatic hydroxyl groups is 1. The number of rotatable bonds is 9. The number of benzene rings is 2. The summed E-state index contributed by atoms with van der Waals surface area (Å²) in [7, 11) is 0. The number of carbonyl (C=O) groups excluding carboxylic acids is 3. The van der Waals surface area contributed by atoms with Gasteiger partial charge in [0.25, 0.3) is 5.78 Å². The topological polar surface area (TPSA) is 115 Å². The van der Waals surface area contributed by atoms with Crippen molar-refractivity contribution in [2.45, 2.75) is 45.8 Å². The summed E-state index contributed by atoms with van der Waals surface area (Å²) >= 11 is 0.945. The molecule has 41 heavy (non-hydrogen) atoms. The summed E-state index contributed by atoms with van der Waals surface area (Å²) in [4.78, 5) is 45.7. The molecule has 10 heteroatoms. The summed E-state index contributed by atoms with van der Waals surface area (Å²) < 4.78 is 16.8. The van der Waals surface area contributed by atoms with Crippen LogP contribution in [0.2, 0.25) is 0 Å². The minimum absolute atomic E-state index is 0.000606. The smallest absolute Gasteiger partial charge is 0.350 e. The van der Waals surface area contributed by atoms with Crippen LogP contribution in [0.3, 0.4) is 0 Å². The van der Waals surface area contributed by atoms with Crippen LogP contribution in [0, 0.1) is 6.92 Å². The molecule has 3 aromatic rings. The fourth-order valence-corrected chi connectivity index (χ4v) is 5.93. The number of ether oxygens (including phenoxy) is 3. The second-order valence-corrected chi connectivity index (χ2v) is 10.8. The van der Waals surface area contributed by atoms with Crippen molar-refractivity contribution in [3.63, 3.8) is 0 Å². The third-order valence-electron chi connectivity index (χ3n) is 6.77. The summed E-state index contributed by atoms with van der Waals surface area (Å²) in [5, 5.41) is 11.7. The molecule has 9 nitrogen and oxygen atoms in total. The molecule has 2 aromatic carbocycles. The van der Waals surface area contributed by atoms with Crippen molar-refractivity contribution in [2.24, 2.45) is 0 Å². The number of carbonyl (C=O) groups is 3. The summed E-state index contributed by atoms with van der Waals surface area (Å²) in [5.74, 6) is -1.36. The van der Waals surface area contributed by atoms with E-state index in [1.165, 1.54) is 11.0 Å². The molecule has 2 unspecified atom stereocenters. The largest absolute Gasteiger partial charge is 0.507 e. The number of amides is 1. The van der Waals surface area contributed by atoms with Crippen LogP contribution < -0.4 is 14.4 Å². The summed E-state index contributed by atoms with van der Waals surface area (Å²) in [5.41, 5.74) is 2.11. The summed E-state index contributed by atoms with van der Waals surface area (Å²) in [6.07, 6.45) is 2.91. The molecule has 1 N–H and O–H groups in total.